The van der Waals surface area contributed by atoms with E-state index in [1.165, 1.54) is 5.56 Å². The predicted octanol–water partition coefficient (Wildman–Crippen LogP) is 6.16. The first-order valence-corrected chi connectivity index (χ1v) is 13.1. The molecule has 3 aromatic rings. The molecule has 0 heterocycles. The average Bonchev–Trinajstić information content (AvgIpc) is 2.85. The van der Waals surface area contributed by atoms with Crippen LogP contribution in [0.3, 0.4) is 0 Å². The van der Waals surface area contributed by atoms with Crippen molar-refractivity contribution in [3.63, 3.8) is 0 Å². The van der Waals surface area contributed by atoms with Crippen molar-refractivity contribution in [2.75, 3.05) is 6.54 Å². The summed E-state index contributed by atoms with van der Waals surface area (Å²) in [5, 5.41) is 3.07. The van der Waals surface area contributed by atoms with Crippen LogP contribution in [0.15, 0.2) is 77.3 Å². The third-order valence-electron chi connectivity index (χ3n) is 6.29. The number of carbonyl (C=O) groups is 2. The summed E-state index contributed by atoms with van der Waals surface area (Å²) >= 11 is 3.48. The molecule has 0 unspecified atom stereocenters. The van der Waals surface area contributed by atoms with Gasteiger partial charge in [-0.2, -0.15) is 0 Å². The van der Waals surface area contributed by atoms with Gasteiger partial charge in [0.1, 0.15) is 6.04 Å². The SMILES string of the molecule is CCCCNC(=O)[C@H](Cc1ccccc1)N(Cc1ccc(Br)cc1)C(=O)Cc1ccc(C)c(C)c1. The van der Waals surface area contributed by atoms with Crippen LogP contribution in [0.2, 0.25) is 0 Å². The summed E-state index contributed by atoms with van der Waals surface area (Å²) in [4.78, 5) is 29.0. The Balaban J connectivity index is 1.94. The molecule has 4 nitrogen and oxygen atoms in total. The van der Waals surface area contributed by atoms with E-state index in [1.807, 2.05) is 60.7 Å². The Morgan fingerprint density at radius 3 is 2.23 bits per heavy atom. The van der Waals surface area contributed by atoms with E-state index in [0.717, 1.165) is 39.6 Å². The fraction of sp³-hybridized carbons (Fsp3) is 0.333. The fourth-order valence-corrected chi connectivity index (χ4v) is 4.30. The lowest BCUT2D eigenvalue weighted by molar-refractivity contribution is -0.140. The topological polar surface area (TPSA) is 49.4 Å². The number of carbonyl (C=O) groups excluding carboxylic acids is 2. The van der Waals surface area contributed by atoms with Crippen LogP contribution in [0.25, 0.3) is 0 Å². The summed E-state index contributed by atoms with van der Waals surface area (Å²) in [5.41, 5.74) is 5.34. The number of hydrogen-bond donors (Lipinski definition) is 1. The highest BCUT2D eigenvalue weighted by Gasteiger charge is 2.30. The van der Waals surface area contributed by atoms with E-state index >= 15 is 0 Å². The monoisotopic (exact) mass is 534 g/mol. The normalized spacial score (nSPS) is 11.7. The second kappa shape index (κ2) is 13.2. The molecule has 1 atom stereocenters. The fourth-order valence-electron chi connectivity index (χ4n) is 4.04. The van der Waals surface area contributed by atoms with Crippen molar-refractivity contribution in [2.24, 2.45) is 0 Å². The van der Waals surface area contributed by atoms with Gasteiger partial charge in [-0.1, -0.05) is 89.9 Å². The first-order valence-electron chi connectivity index (χ1n) is 12.3. The molecule has 2 amide bonds. The molecule has 5 heteroatoms. The molecule has 0 aromatic heterocycles. The highest BCUT2D eigenvalue weighted by atomic mass is 79.9. The molecular weight excluding hydrogens is 500 g/mol. The highest BCUT2D eigenvalue weighted by Crippen LogP contribution is 2.19. The van der Waals surface area contributed by atoms with Gasteiger partial charge in [0, 0.05) is 24.0 Å². The van der Waals surface area contributed by atoms with Crippen LogP contribution >= 0.6 is 15.9 Å². The molecule has 0 saturated carbocycles. The molecule has 184 valence electrons. The lowest BCUT2D eigenvalue weighted by atomic mass is 10.00. The molecule has 3 rings (SSSR count). The maximum atomic E-state index is 13.8. The summed E-state index contributed by atoms with van der Waals surface area (Å²) in [7, 11) is 0. The number of rotatable bonds is 11. The molecule has 0 spiro atoms. The quantitative estimate of drug-likeness (QED) is 0.299. The summed E-state index contributed by atoms with van der Waals surface area (Å²) in [6.45, 7) is 7.20. The maximum Gasteiger partial charge on any atom is 0.243 e. The van der Waals surface area contributed by atoms with Crippen molar-refractivity contribution in [3.05, 3.63) is 105 Å². The van der Waals surface area contributed by atoms with Crippen molar-refractivity contribution in [2.45, 2.75) is 59.0 Å². The van der Waals surface area contributed by atoms with Crippen LogP contribution in [0, 0.1) is 13.8 Å². The first-order chi connectivity index (χ1) is 16.9. The first kappa shape index (κ1) is 26.7. The van der Waals surface area contributed by atoms with E-state index in [-0.39, 0.29) is 18.2 Å². The molecule has 0 radical (unpaired) electrons. The minimum Gasteiger partial charge on any atom is -0.354 e. The standard InChI is InChI=1S/C30H35BrN2O2/c1-4-5-17-32-30(35)28(19-24-9-7-6-8-10-24)33(21-25-13-15-27(31)16-14-25)29(34)20-26-12-11-22(2)23(3)18-26/h6-16,18,28H,4-5,17,19-21H2,1-3H3,(H,32,35)/t28-/m0/s1. The third kappa shape index (κ3) is 8.07. The van der Waals surface area contributed by atoms with Gasteiger partial charge in [0.15, 0.2) is 0 Å². The van der Waals surface area contributed by atoms with Crippen LogP contribution in [0.4, 0.5) is 0 Å². The molecule has 0 saturated heterocycles. The van der Waals surface area contributed by atoms with Gasteiger partial charge in [0.2, 0.25) is 11.8 Å². The second-order valence-corrected chi connectivity index (χ2v) is 10.0. The van der Waals surface area contributed by atoms with Crippen molar-refractivity contribution in [1.82, 2.24) is 10.2 Å². The van der Waals surface area contributed by atoms with Crippen LogP contribution in [0.1, 0.15) is 47.6 Å². The van der Waals surface area contributed by atoms with Crippen molar-refractivity contribution in [3.8, 4) is 0 Å². The number of nitrogens with one attached hydrogen (secondary N) is 1. The molecular formula is C30H35BrN2O2. The molecule has 0 aliphatic heterocycles. The predicted molar refractivity (Wildman–Crippen MR) is 146 cm³/mol. The molecule has 0 aliphatic rings. The molecule has 1 N–H and O–H groups in total. The minimum absolute atomic E-state index is 0.0530. The smallest absolute Gasteiger partial charge is 0.243 e. The van der Waals surface area contributed by atoms with Crippen molar-refractivity contribution >= 4 is 27.7 Å². The van der Waals surface area contributed by atoms with Gasteiger partial charge in [-0.25, -0.2) is 0 Å². The van der Waals surface area contributed by atoms with Crippen LogP contribution in [-0.2, 0) is 29.0 Å². The molecule has 0 aliphatic carbocycles. The van der Waals surface area contributed by atoms with Gasteiger partial charge in [-0.3, -0.25) is 9.59 Å². The Labute approximate surface area is 217 Å². The van der Waals surface area contributed by atoms with Crippen LogP contribution in [0.5, 0.6) is 0 Å². The Kier molecular flexibility index (Phi) is 10.1. The Hall–Kier alpha value is -2.92. The average molecular weight is 536 g/mol. The summed E-state index contributed by atoms with van der Waals surface area (Å²) in [5.74, 6) is -0.157. The van der Waals surface area contributed by atoms with E-state index < -0.39 is 6.04 Å². The second-order valence-electron chi connectivity index (χ2n) is 9.09. The Morgan fingerprint density at radius 2 is 1.57 bits per heavy atom. The number of nitrogens with zero attached hydrogens (tertiary/aromatic N) is 1. The largest absolute Gasteiger partial charge is 0.354 e. The number of unbranched alkanes of at least 4 members (excludes halogenated alkanes) is 1. The highest BCUT2D eigenvalue weighted by molar-refractivity contribution is 9.10. The zero-order valence-electron chi connectivity index (χ0n) is 20.9. The van der Waals surface area contributed by atoms with Gasteiger partial charge in [-0.15, -0.1) is 0 Å². The van der Waals surface area contributed by atoms with Crippen LogP contribution in [-0.4, -0.2) is 29.3 Å². The zero-order valence-corrected chi connectivity index (χ0v) is 22.5. The number of benzene rings is 3. The molecule has 3 aromatic carbocycles. The molecule has 0 fully saturated rings. The number of halogens is 1. The van der Waals surface area contributed by atoms with Gasteiger partial charge >= 0.3 is 0 Å². The number of aryl methyl sites for hydroxylation is 2. The molecule has 0 bridgehead atoms. The van der Waals surface area contributed by atoms with Crippen molar-refractivity contribution in [1.29, 1.82) is 0 Å². The van der Waals surface area contributed by atoms with Crippen LogP contribution < -0.4 is 5.32 Å². The van der Waals surface area contributed by atoms with E-state index in [2.05, 4.69) is 54.2 Å². The number of amides is 2. The lowest BCUT2D eigenvalue weighted by Gasteiger charge is -2.32. The van der Waals surface area contributed by atoms with Gasteiger partial charge < -0.3 is 10.2 Å². The number of hydrogen-bond acceptors (Lipinski definition) is 2. The van der Waals surface area contributed by atoms with E-state index in [0.29, 0.717) is 19.5 Å². The van der Waals surface area contributed by atoms with Gasteiger partial charge in [-0.05, 0) is 60.2 Å². The minimum atomic E-state index is -0.600. The third-order valence-corrected chi connectivity index (χ3v) is 6.82. The van der Waals surface area contributed by atoms with Gasteiger partial charge in [0.05, 0.1) is 6.42 Å². The Bertz CT molecular complexity index is 1110. The Morgan fingerprint density at radius 1 is 0.886 bits per heavy atom. The van der Waals surface area contributed by atoms with Crippen molar-refractivity contribution < 1.29 is 9.59 Å². The molecule has 35 heavy (non-hydrogen) atoms. The maximum absolute atomic E-state index is 13.8. The van der Waals surface area contributed by atoms with E-state index in [1.54, 1.807) is 4.90 Å². The van der Waals surface area contributed by atoms with E-state index in [9.17, 15) is 9.59 Å². The summed E-state index contributed by atoms with van der Waals surface area (Å²) in [6.07, 6.45) is 2.63. The van der Waals surface area contributed by atoms with Gasteiger partial charge in [0.25, 0.3) is 0 Å². The van der Waals surface area contributed by atoms with E-state index in [4.69, 9.17) is 0 Å². The summed E-state index contributed by atoms with van der Waals surface area (Å²) in [6, 6.07) is 23.4. The lowest BCUT2D eigenvalue weighted by Crippen LogP contribution is -2.51. The zero-order chi connectivity index (χ0) is 25.2. The summed E-state index contributed by atoms with van der Waals surface area (Å²) < 4.78 is 0.979.